The van der Waals surface area contributed by atoms with Crippen LogP contribution in [0.1, 0.15) is 0 Å². The van der Waals surface area contributed by atoms with Crippen LogP contribution in [0.2, 0.25) is 0 Å². The Morgan fingerprint density at radius 1 is 0.833 bits per heavy atom. The maximum absolute atomic E-state index is 9.04. The lowest BCUT2D eigenvalue weighted by molar-refractivity contribution is 0.0638. The van der Waals surface area contributed by atoms with Crippen molar-refractivity contribution in [3.8, 4) is 23.7 Å². The fourth-order valence-electron chi connectivity index (χ4n) is 0.742. The van der Waals surface area contributed by atoms with Gasteiger partial charge >= 0.3 is 0 Å². The minimum absolute atomic E-state index is 0.138. The predicted octanol–water partition coefficient (Wildman–Crippen LogP) is 0.226. The quantitative estimate of drug-likeness (QED) is 0.382. The Hall–Kier alpha value is -0.460. The van der Waals surface area contributed by atoms with Crippen LogP contribution in [-0.4, -0.2) is 60.6 Å². The lowest BCUT2D eigenvalue weighted by Crippen LogP contribution is -2.16. The van der Waals surface area contributed by atoms with Crippen LogP contribution in [0.15, 0.2) is 0 Å². The summed E-state index contributed by atoms with van der Waals surface area (Å²) in [6.45, 7) is 0.693. The molecule has 0 spiro atoms. The van der Waals surface area contributed by atoms with Crippen LogP contribution < -0.4 is 0 Å². The molecule has 0 heterocycles. The standard InChI is InChI=1S/C12H16Cl2O4/c13-7-11(15)9-17-5-3-1-2-4-6-18-10-12(16)8-14/h11-12,15-16H,5-10H2/t11-,12-/m1/s1. The molecule has 0 saturated heterocycles. The first kappa shape index (κ1) is 17.5. The van der Waals surface area contributed by atoms with Crippen LogP contribution in [0.3, 0.4) is 0 Å². The molecule has 0 saturated carbocycles. The van der Waals surface area contributed by atoms with Gasteiger partial charge in [0.25, 0.3) is 0 Å². The highest BCUT2D eigenvalue weighted by Crippen LogP contribution is 1.88. The number of aliphatic hydroxyl groups is 2. The molecule has 2 atom stereocenters. The number of hydrogen-bond acceptors (Lipinski definition) is 4. The third-order valence-electron chi connectivity index (χ3n) is 1.56. The highest BCUT2D eigenvalue weighted by molar-refractivity contribution is 6.18. The molecule has 102 valence electrons. The molecule has 0 rings (SSSR count). The minimum Gasteiger partial charge on any atom is -0.389 e. The van der Waals surface area contributed by atoms with Gasteiger partial charge in [0.15, 0.2) is 0 Å². The van der Waals surface area contributed by atoms with Crippen molar-refractivity contribution in [2.75, 3.05) is 38.2 Å². The second-order valence-corrected chi connectivity index (χ2v) is 3.87. The molecule has 2 N–H and O–H groups in total. The molecule has 0 aliphatic rings. The average Bonchev–Trinajstić information content (AvgIpc) is 2.40. The van der Waals surface area contributed by atoms with Crippen LogP contribution in [0.4, 0.5) is 0 Å². The van der Waals surface area contributed by atoms with Crippen molar-refractivity contribution in [1.29, 1.82) is 0 Å². The number of rotatable bonds is 8. The summed E-state index contributed by atoms with van der Waals surface area (Å²) in [7, 11) is 0. The summed E-state index contributed by atoms with van der Waals surface area (Å²) in [6.07, 6.45) is -1.33. The van der Waals surface area contributed by atoms with E-state index < -0.39 is 12.2 Å². The lowest BCUT2D eigenvalue weighted by Gasteiger charge is -2.04. The molecule has 0 bridgehead atoms. The van der Waals surface area contributed by atoms with E-state index in [2.05, 4.69) is 23.7 Å². The van der Waals surface area contributed by atoms with Gasteiger partial charge in [0.05, 0.1) is 37.2 Å². The van der Waals surface area contributed by atoms with Gasteiger partial charge in [-0.15, -0.1) is 23.2 Å². The number of hydrogen-bond donors (Lipinski definition) is 2. The topological polar surface area (TPSA) is 58.9 Å². The van der Waals surface area contributed by atoms with E-state index >= 15 is 0 Å². The summed E-state index contributed by atoms with van der Waals surface area (Å²) in [6, 6.07) is 0. The third kappa shape index (κ3) is 12.0. The summed E-state index contributed by atoms with van der Waals surface area (Å²) in [5.74, 6) is 10.7. The number of halogens is 2. The van der Waals surface area contributed by atoms with Gasteiger partial charge in [0.1, 0.15) is 13.2 Å². The Balaban J connectivity index is 3.47. The molecular weight excluding hydrogens is 279 g/mol. The minimum atomic E-state index is -0.665. The first-order valence-electron chi connectivity index (χ1n) is 5.30. The average molecular weight is 295 g/mol. The van der Waals surface area contributed by atoms with Crippen LogP contribution in [0.5, 0.6) is 0 Å². The lowest BCUT2D eigenvalue weighted by atomic mass is 10.4. The summed E-state index contributed by atoms with van der Waals surface area (Å²) >= 11 is 10.7. The Morgan fingerprint density at radius 2 is 1.22 bits per heavy atom. The summed E-state index contributed by atoms with van der Waals surface area (Å²) in [5, 5.41) is 18.1. The zero-order valence-electron chi connectivity index (χ0n) is 9.86. The van der Waals surface area contributed by atoms with E-state index in [0.29, 0.717) is 0 Å². The molecule has 0 unspecified atom stereocenters. The van der Waals surface area contributed by atoms with Gasteiger partial charge in [-0.05, 0) is 11.8 Å². The van der Waals surface area contributed by atoms with Crippen molar-refractivity contribution in [2.24, 2.45) is 0 Å². The van der Waals surface area contributed by atoms with E-state index in [-0.39, 0.29) is 38.2 Å². The molecule has 0 aromatic heterocycles. The second-order valence-electron chi connectivity index (χ2n) is 3.25. The van der Waals surface area contributed by atoms with Crippen LogP contribution in [-0.2, 0) is 9.47 Å². The Kier molecular flexibility index (Phi) is 12.7. The van der Waals surface area contributed by atoms with E-state index in [0.717, 1.165) is 0 Å². The first-order valence-corrected chi connectivity index (χ1v) is 6.36. The molecular formula is C12H16Cl2O4. The highest BCUT2D eigenvalue weighted by Gasteiger charge is 1.99. The van der Waals surface area contributed by atoms with Crippen molar-refractivity contribution in [3.05, 3.63) is 0 Å². The van der Waals surface area contributed by atoms with Gasteiger partial charge in [-0.1, -0.05) is 11.8 Å². The molecule has 0 amide bonds. The van der Waals surface area contributed by atoms with Crippen LogP contribution in [0.25, 0.3) is 0 Å². The summed E-state index contributed by atoms with van der Waals surface area (Å²) < 4.78 is 10.0. The van der Waals surface area contributed by atoms with Gasteiger partial charge in [-0.3, -0.25) is 0 Å². The fraction of sp³-hybridized carbons (Fsp3) is 0.667. The molecule has 0 aliphatic heterocycles. The van der Waals surface area contributed by atoms with Gasteiger partial charge in [-0.2, -0.15) is 0 Å². The predicted molar refractivity (Wildman–Crippen MR) is 70.6 cm³/mol. The van der Waals surface area contributed by atoms with Crippen molar-refractivity contribution in [2.45, 2.75) is 12.2 Å². The zero-order valence-corrected chi connectivity index (χ0v) is 11.4. The van der Waals surface area contributed by atoms with Gasteiger partial charge in [0.2, 0.25) is 0 Å². The number of ether oxygens (including phenoxy) is 2. The molecule has 0 radical (unpaired) electrons. The van der Waals surface area contributed by atoms with E-state index in [1.54, 1.807) is 0 Å². The maximum Gasteiger partial charge on any atom is 0.108 e. The van der Waals surface area contributed by atoms with Crippen molar-refractivity contribution < 1.29 is 19.7 Å². The third-order valence-corrected chi connectivity index (χ3v) is 2.28. The summed E-state index contributed by atoms with van der Waals surface area (Å²) in [5.41, 5.74) is 0. The normalized spacial score (nSPS) is 12.9. The van der Waals surface area contributed by atoms with E-state index in [9.17, 15) is 0 Å². The first-order chi connectivity index (χ1) is 8.70. The van der Waals surface area contributed by atoms with Crippen molar-refractivity contribution >= 4 is 23.2 Å². The zero-order chi connectivity index (χ0) is 13.6. The molecule has 4 nitrogen and oxygen atoms in total. The number of aliphatic hydroxyl groups excluding tert-OH is 2. The Labute approximate surface area is 117 Å². The van der Waals surface area contributed by atoms with Crippen molar-refractivity contribution in [3.63, 3.8) is 0 Å². The molecule has 0 aliphatic carbocycles. The Bertz CT molecular complexity index is 282. The number of alkyl halides is 2. The molecule has 0 fully saturated rings. The van der Waals surface area contributed by atoms with Gasteiger partial charge < -0.3 is 19.7 Å². The van der Waals surface area contributed by atoms with Gasteiger partial charge in [-0.25, -0.2) is 0 Å². The molecule has 18 heavy (non-hydrogen) atoms. The Morgan fingerprint density at radius 3 is 1.56 bits per heavy atom. The molecule has 0 aromatic carbocycles. The fourth-order valence-corrected chi connectivity index (χ4v) is 0.920. The van der Waals surface area contributed by atoms with E-state index in [1.807, 2.05) is 0 Å². The molecule has 0 aromatic rings. The van der Waals surface area contributed by atoms with Crippen molar-refractivity contribution in [1.82, 2.24) is 0 Å². The van der Waals surface area contributed by atoms with E-state index in [4.69, 9.17) is 42.9 Å². The van der Waals surface area contributed by atoms with Gasteiger partial charge in [0, 0.05) is 0 Å². The monoisotopic (exact) mass is 294 g/mol. The van der Waals surface area contributed by atoms with Crippen LogP contribution in [0, 0.1) is 23.7 Å². The largest absolute Gasteiger partial charge is 0.389 e. The second kappa shape index (κ2) is 13.0. The maximum atomic E-state index is 9.04. The highest BCUT2D eigenvalue weighted by atomic mass is 35.5. The SMILES string of the molecule is O[C@H](CCl)COCC#CC#CCOC[C@H](O)CCl. The van der Waals surface area contributed by atoms with Crippen LogP contribution >= 0.6 is 23.2 Å². The smallest absolute Gasteiger partial charge is 0.108 e. The summed E-state index contributed by atoms with van der Waals surface area (Å²) in [4.78, 5) is 0. The molecule has 6 heteroatoms. The van der Waals surface area contributed by atoms with E-state index in [1.165, 1.54) is 0 Å².